The molecule has 0 saturated heterocycles. The Morgan fingerprint density at radius 1 is 1.32 bits per heavy atom. The Balaban J connectivity index is 3.41. The van der Waals surface area contributed by atoms with E-state index in [9.17, 15) is 23.1 Å². The van der Waals surface area contributed by atoms with Crippen LogP contribution >= 0.6 is 0 Å². The molecule has 102 valence electrons. The third-order valence-corrected chi connectivity index (χ3v) is 2.36. The predicted octanol–water partition coefficient (Wildman–Crippen LogP) is 1.32. The quantitative estimate of drug-likeness (QED) is 0.722. The Morgan fingerprint density at radius 2 is 1.89 bits per heavy atom. The maximum absolute atomic E-state index is 12.8. The summed E-state index contributed by atoms with van der Waals surface area (Å²) in [6, 6.07) is 3.11. The van der Waals surface area contributed by atoms with Crippen LogP contribution in [0, 0.1) is 11.3 Å². The number of alkyl halides is 3. The highest BCUT2D eigenvalue weighted by molar-refractivity contribution is 5.88. The van der Waals surface area contributed by atoms with Crippen LogP contribution in [0.5, 0.6) is 0 Å². The van der Waals surface area contributed by atoms with E-state index in [1.165, 1.54) is 6.07 Å². The summed E-state index contributed by atoms with van der Waals surface area (Å²) >= 11 is 0. The first-order valence-corrected chi connectivity index (χ1v) is 4.88. The SMILES string of the molecule is N#CC(O)C(O)c1ccc(C(=O)O)cc1C(F)(F)F. The standard InChI is InChI=1S/C11H8F3NO4/c12-11(13,14)7-3-5(10(18)19)1-2-6(7)9(17)8(16)4-15/h1-3,8-9,16-17H,(H,18,19). The molecule has 8 heteroatoms. The fraction of sp³-hybridized carbons (Fsp3) is 0.273. The number of hydrogen-bond acceptors (Lipinski definition) is 4. The smallest absolute Gasteiger partial charge is 0.416 e. The molecule has 2 unspecified atom stereocenters. The van der Waals surface area contributed by atoms with Crippen molar-refractivity contribution in [2.45, 2.75) is 18.4 Å². The van der Waals surface area contributed by atoms with Gasteiger partial charge in [-0.15, -0.1) is 0 Å². The largest absolute Gasteiger partial charge is 0.478 e. The van der Waals surface area contributed by atoms with E-state index in [0.29, 0.717) is 6.07 Å². The molecule has 0 fully saturated rings. The lowest BCUT2D eigenvalue weighted by Gasteiger charge is -2.18. The molecule has 0 aliphatic heterocycles. The van der Waals surface area contributed by atoms with Crippen molar-refractivity contribution in [3.05, 3.63) is 34.9 Å². The second kappa shape index (κ2) is 5.26. The van der Waals surface area contributed by atoms with Crippen molar-refractivity contribution in [3.8, 4) is 6.07 Å². The van der Waals surface area contributed by atoms with Gasteiger partial charge < -0.3 is 15.3 Å². The van der Waals surface area contributed by atoms with Crippen LogP contribution in [0.3, 0.4) is 0 Å². The van der Waals surface area contributed by atoms with Crippen molar-refractivity contribution in [2.24, 2.45) is 0 Å². The minimum absolute atomic E-state index is 0.338. The first-order chi connectivity index (χ1) is 8.68. The van der Waals surface area contributed by atoms with Gasteiger partial charge in [0, 0.05) is 0 Å². The Bertz CT molecular complexity index is 536. The van der Waals surface area contributed by atoms with Crippen molar-refractivity contribution < 1.29 is 33.3 Å². The minimum atomic E-state index is -4.92. The molecule has 0 bridgehead atoms. The highest BCUT2D eigenvalue weighted by atomic mass is 19.4. The van der Waals surface area contributed by atoms with E-state index in [1.807, 2.05) is 0 Å². The molecule has 0 radical (unpaired) electrons. The number of benzene rings is 1. The molecule has 5 nitrogen and oxygen atoms in total. The molecule has 0 aliphatic rings. The van der Waals surface area contributed by atoms with Gasteiger partial charge in [-0.1, -0.05) is 6.07 Å². The molecule has 0 heterocycles. The van der Waals surface area contributed by atoms with Gasteiger partial charge in [-0.05, 0) is 17.7 Å². The van der Waals surface area contributed by atoms with E-state index >= 15 is 0 Å². The van der Waals surface area contributed by atoms with Crippen LogP contribution in [0.4, 0.5) is 13.2 Å². The molecule has 0 saturated carbocycles. The van der Waals surface area contributed by atoms with Gasteiger partial charge in [0.25, 0.3) is 0 Å². The number of carboxylic acid groups (broad SMARTS) is 1. The monoisotopic (exact) mass is 275 g/mol. The summed E-state index contributed by atoms with van der Waals surface area (Å²) in [6.07, 6.45) is -9.04. The molecule has 0 aromatic heterocycles. The van der Waals surface area contributed by atoms with Crippen LogP contribution in [0.2, 0.25) is 0 Å². The van der Waals surface area contributed by atoms with Crippen LogP contribution in [-0.2, 0) is 6.18 Å². The second-order valence-corrected chi connectivity index (χ2v) is 3.62. The zero-order valence-corrected chi connectivity index (χ0v) is 9.22. The topological polar surface area (TPSA) is 102 Å². The molecule has 1 aromatic rings. The van der Waals surface area contributed by atoms with E-state index in [2.05, 4.69) is 0 Å². The number of nitriles is 1. The van der Waals surface area contributed by atoms with Gasteiger partial charge in [0.1, 0.15) is 6.10 Å². The number of hydrogen-bond donors (Lipinski definition) is 3. The maximum Gasteiger partial charge on any atom is 0.416 e. The predicted molar refractivity (Wildman–Crippen MR) is 55.0 cm³/mol. The third kappa shape index (κ3) is 3.21. The van der Waals surface area contributed by atoms with Crippen LogP contribution < -0.4 is 0 Å². The number of carboxylic acids is 1. The lowest BCUT2D eigenvalue weighted by atomic mass is 9.96. The third-order valence-electron chi connectivity index (χ3n) is 2.36. The van der Waals surface area contributed by atoms with Gasteiger partial charge in [-0.3, -0.25) is 0 Å². The number of rotatable bonds is 3. The molecule has 0 spiro atoms. The summed E-state index contributed by atoms with van der Waals surface area (Å²) in [6.45, 7) is 0. The summed E-state index contributed by atoms with van der Waals surface area (Å²) in [5.74, 6) is -1.56. The molecule has 3 N–H and O–H groups in total. The Labute approximate surface area is 105 Å². The molecule has 0 aliphatic carbocycles. The highest BCUT2D eigenvalue weighted by Crippen LogP contribution is 2.36. The van der Waals surface area contributed by atoms with Crippen LogP contribution in [0.1, 0.15) is 27.6 Å². The first-order valence-electron chi connectivity index (χ1n) is 4.88. The summed E-state index contributed by atoms with van der Waals surface area (Å²) in [5, 5.41) is 35.5. The van der Waals surface area contributed by atoms with Crippen molar-refractivity contribution in [3.63, 3.8) is 0 Å². The lowest BCUT2D eigenvalue weighted by molar-refractivity contribution is -0.139. The number of carbonyl (C=O) groups is 1. The van der Waals surface area contributed by atoms with Gasteiger partial charge in [0.05, 0.1) is 17.2 Å². The van der Waals surface area contributed by atoms with Gasteiger partial charge in [-0.2, -0.15) is 18.4 Å². The van der Waals surface area contributed by atoms with Crippen LogP contribution in [0.15, 0.2) is 18.2 Å². The number of aromatic carboxylic acids is 1. The first kappa shape index (κ1) is 14.9. The van der Waals surface area contributed by atoms with E-state index < -0.39 is 41.0 Å². The van der Waals surface area contributed by atoms with E-state index in [0.717, 1.165) is 12.1 Å². The number of aliphatic hydroxyl groups excluding tert-OH is 2. The molecular weight excluding hydrogens is 267 g/mol. The highest BCUT2D eigenvalue weighted by Gasteiger charge is 2.37. The zero-order chi connectivity index (χ0) is 14.8. The molecule has 1 aromatic carbocycles. The number of halogens is 3. The molecule has 0 amide bonds. The Kier molecular flexibility index (Phi) is 4.14. The van der Waals surface area contributed by atoms with Gasteiger partial charge in [-0.25, -0.2) is 4.79 Å². The van der Waals surface area contributed by atoms with Crippen molar-refractivity contribution >= 4 is 5.97 Å². The summed E-state index contributed by atoms with van der Waals surface area (Å²) < 4.78 is 38.3. The maximum atomic E-state index is 12.8. The average Bonchev–Trinajstić information content (AvgIpc) is 2.35. The van der Waals surface area contributed by atoms with Crippen molar-refractivity contribution in [1.82, 2.24) is 0 Å². The Hall–Kier alpha value is -2.11. The summed E-state index contributed by atoms with van der Waals surface area (Å²) in [4.78, 5) is 10.6. The number of aliphatic hydroxyl groups is 2. The zero-order valence-electron chi connectivity index (χ0n) is 9.22. The lowest BCUT2D eigenvalue weighted by Crippen LogP contribution is -2.21. The molecule has 1 rings (SSSR count). The molecular formula is C11H8F3NO4. The van der Waals surface area contributed by atoms with Crippen LogP contribution in [0.25, 0.3) is 0 Å². The second-order valence-electron chi connectivity index (χ2n) is 3.62. The normalized spacial score (nSPS) is 14.5. The number of nitrogens with zero attached hydrogens (tertiary/aromatic N) is 1. The van der Waals surface area contributed by atoms with Gasteiger partial charge in [0.15, 0.2) is 6.10 Å². The van der Waals surface area contributed by atoms with Crippen LogP contribution in [-0.4, -0.2) is 27.4 Å². The van der Waals surface area contributed by atoms with E-state index in [4.69, 9.17) is 15.5 Å². The minimum Gasteiger partial charge on any atom is -0.478 e. The van der Waals surface area contributed by atoms with E-state index in [-0.39, 0.29) is 0 Å². The molecule has 2 atom stereocenters. The summed E-state index contributed by atoms with van der Waals surface area (Å²) in [5.41, 5.74) is -2.78. The summed E-state index contributed by atoms with van der Waals surface area (Å²) in [7, 11) is 0. The van der Waals surface area contributed by atoms with Crippen molar-refractivity contribution in [1.29, 1.82) is 5.26 Å². The van der Waals surface area contributed by atoms with Gasteiger partial charge in [0.2, 0.25) is 0 Å². The van der Waals surface area contributed by atoms with Crippen molar-refractivity contribution in [2.75, 3.05) is 0 Å². The average molecular weight is 275 g/mol. The van der Waals surface area contributed by atoms with E-state index in [1.54, 1.807) is 0 Å². The Morgan fingerprint density at radius 3 is 2.32 bits per heavy atom. The molecule has 19 heavy (non-hydrogen) atoms. The fourth-order valence-corrected chi connectivity index (χ4v) is 1.43. The van der Waals surface area contributed by atoms with Gasteiger partial charge >= 0.3 is 12.1 Å². The fourth-order valence-electron chi connectivity index (χ4n) is 1.43.